The first-order valence-electron chi connectivity index (χ1n) is 2.18. The number of rotatable bonds is 0. The molecule has 38 valence electrons. The number of nitrogens with one attached hydrogen (secondary N) is 1. The number of dihydropyridines is 1. The van der Waals surface area contributed by atoms with Crippen molar-refractivity contribution in [3.63, 3.8) is 0 Å². The van der Waals surface area contributed by atoms with Crippen molar-refractivity contribution in [1.82, 2.24) is 5.32 Å². The van der Waals surface area contributed by atoms with E-state index in [9.17, 15) is 0 Å². The van der Waals surface area contributed by atoms with E-state index in [-0.39, 0.29) is 0 Å². The molecule has 0 amide bonds. The number of allylic oxidation sites excluding steroid dienone is 1. The predicted octanol–water partition coefficient (Wildman–Crippen LogP) is 0.917. The maximum absolute atomic E-state index is 4.10. The smallest absolute Gasteiger partial charge is 0.0338 e. The monoisotopic (exact) mass is 113 g/mol. The van der Waals surface area contributed by atoms with Gasteiger partial charge in [0.05, 0.1) is 0 Å². The molecule has 0 radical (unpaired) electrons. The molecular weight excluding hydrogens is 106 g/mol. The Kier molecular flexibility index (Phi) is 1.42. The quantitative estimate of drug-likeness (QED) is 0.445. The second-order valence-corrected chi connectivity index (χ2v) is 1.89. The molecule has 0 aromatic rings. The lowest BCUT2D eigenvalue weighted by atomic mass is 10.4. The summed E-state index contributed by atoms with van der Waals surface area (Å²) in [6.07, 6.45) is 5.83. The van der Waals surface area contributed by atoms with Gasteiger partial charge in [-0.2, -0.15) is 0 Å². The molecule has 0 atom stereocenters. The Morgan fingerprint density at radius 3 is 2.86 bits per heavy atom. The first-order valence-corrected chi connectivity index (χ1v) is 2.63. The average Bonchev–Trinajstić information content (AvgIpc) is 1.69. The van der Waals surface area contributed by atoms with E-state index in [1.807, 2.05) is 18.4 Å². The molecule has 1 N–H and O–H groups in total. The molecule has 0 aliphatic carbocycles. The van der Waals surface area contributed by atoms with Crippen molar-refractivity contribution in [3.8, 4) is 0 Å². The molecule has 2 heteroatoms. The summed E-state index contributed by atoms with van der Waals surface area (Å²) >= 11 is 4.10. The minimum atomic E-state index is 0.912. The lowest BCUT2D eigenvalue weighted by molar-refractivity contribution is 0.970. The van der Waals surface area contributed by atoms with E-state index >= 15 is 0 Å². The molecule has 0 bridgehead atoms. The summed E-state index contributed by atoms with van der Waals surface area (Å²) in [6.45, 7) is 0.912. The zero-order valence-electron chi connectivity index (χ0n) is 3.89. The zero-order chi connectivity index (χ0) is 5.11. The Hall–Kier alpha value is -0.370. The molecule has 1 heterocycles. The van der Waals surface area contributed by atoms with Crippen LogP contribution in [0.2, 0.25) is 0 Å². The van der Waals surface area contributed by atoms with Crippen LogP contribution in [-0.4, -0.2) is 6.54 Å². The first kappa shape index (κ1) is 4.78. The van der Waals surface area contributed by atoms with Gasteiger partial charge in [-0.1, -0.05) is 6.08 Å². The van der Waals surface area contributed by atoms with Crippen LogP contribution in [0.4, 0.5) is 0 Å². The summed E-state index contributed by atoms with van der Waals surface area (Å²) < 4.78 is 0. The Morgan fingerprint density at radius 1 is 1.71 bits per heavy atom. The van der Waals surface area contributed by atoms with Crippen LogP contribution in [-0.2, 0) is 0 Å². The summed E-state index contributed by atoms with van der Waals surface area (Å²) in [6, 6.07) is 0. The minimum absolute atomic E-state index is 0.912. The molecule has 1 rings (SSSR count). The van der Waals surface area contributed by atoms with Crippen LogP contribution < -0.4 is 5.32 Å². The predicted molar refractivity (Wildman–Crippen MR) is 34.2 cm³/mol. The SMILES string of the molecule is SC1=CCNC=C1. The van der Waals surface area contributed by atoms with Gasteiger partial charge in [-0.3, -0.25) is 0 Å². The van der Waals surface area contributed by atoms with Gasteiger partial charge in [0.25, 0.3) is 0 Å². The molecule has 0 aromatic heterocycles. The fourth-order valence-electron chi connectivity index (χ4n) is 0.444. The van der Waals surface area contributed by atoms with Crippen molar-refractivity contribution >= 4 is 12.6 Å². The van der Waals surface area contributed by atoms with Crippen LogP contribution >= 0.6 is 12.6 Å². The van der Waals surface area contributed by atoms with Gasteiger partial charge < -0.3 is 5.32 Å². The molecule has 1 aliphatic rings. The molecular formula is C5H7NS. The van der Waals surface area contributed by atoms with Gasteiger partial charge in [-0.25, -0.2) is 0 Å². The molecule has 0 fully saturated rings. The fourth-order valence-corrected chi connectivity index (χ4v) is 0.610. The van der Waals surface area contributed by atoms with Crippen LogP contribution in [0.1, 0.15) is 0 Å². The highest BCUT2D eigenvalue weighted by atomic mass is 32.1. The van der Waals surface area contributed by atoms with Crippen molar-refractivity contribution in [2.45, 2.75) is 0 Å². The van der Waals surface area contributed by atoms with Gasteiger partial charge in [0.15, 0.2) is 0 Å². The summed E-state index contributed by atoms with van der Waals surface area (Å²) in [7, 11) is 0. The van der Waals surface area contributed by atoms with E-state index in [1.165, 1.54) is 0 Å². The largest absolute Gasteiger partial charge is 0.387 e. The lowest BCUT2D eigenvalue weighted by Crippen LogP contribution is -2.06. The summed E-state index contributed by atoms with van der Waals surface area (Å²) in [5.41, 5.74) is 0. The van der Waals surface area contributed by atoms with E-state index in [1.54, 1.807) is 0 Å². The van der Waals surface area contributed by atoms with Crippen LogP contribution in [0.5, 0.6) is 0 Å². The van der Waals surface area contributed by atoms with Gasteiger partial charge in [-0.15, -0.1) is 12.6 Å². The number of hydrogen-bond acceptors (Lipinski definition) is 2. The topological polar surface area (TPSA) is 12.0 Å². The van der Waals surface area contributed by atoms with Gasteiger partial charge in [0, 0.05) is 11.4 Å². The average molecular weight is 113 g/mol. The highest BCUT2D eigenvalue weighted by Gasteiger charge is 1.85. The highest BCUT2D eigenvalue weighted by Crippen LogP contribution is 2.02. The second-order valence-electron chi connectivity index (χ2n) is 1.37. The maximum atomic E-state index is 4.10. The molecule has 1 nitrogen and oxygen atoms in total. The van der Waals surface area contributed by atoms with Crippen LogP contribution in [0.25, 0.3) is 0 Å². The third-order valence-corrected chi connectivity index (χ3v) is 1.13. The van der Waals surface area contributed by atoms with Crippen molar-refractivity contribution in [1.29, 1.82) is 0 Å². The van der Waals surface area contributed by atoms with E-state index in [0.717, 1.165) is 11.4 Å². The molecule has 0 spiro atoms. The van der Waals surface area contributed by atoms with Crippen molar-refractivity contribution < 1.29 is 0 Å². The van der Waals surface area contributed by atoms with Crippen molar-refractivity contribution in [2.75, 3.05) is 6.54 Å². The highest BCUT2D eigenvalue weighted by molar-refractivity contribution is 7.84. The molecule has 1 aliphatic heterocycles. The number of hydrogen-bond donors (Lipinski definition) is 2. The van der Waals surface area contributed by atoms with Gasteiger partial charge in [-0.05, 0) is 12.3 Å². The maximum Gasteiger partial charge on any atom is 0.0338 e. The minimum Gasteiger partial charge on any atom is -0.387 e. The van der Waals surface area contributed by atoms with Crippen molar-refractivity contribution in [3.05, 3.63) is 23.3 Å². The van der Waals surface area contributed by atoms with E-state index < -0.39 is 0 Å². The van der Waals surface area contributed by atoms with Crippen molar-refractivity contribution in [2.24, 2.45) is 0 Å². The third kappa shape index (κ3) is 1.27. The van der Waals surface area contributed by atoms with Crippen LogP contribution in [0, 0.1) is 0 Å². The first-order chi connectivity index (χ1) is 3.39. The lowest BCUT2D eigenvalue weighted by Gasteiger charge is -2.00. The Bertz CT molecular complexity index is 115. The van der Waals surface area contributed by atoms with Crippen LogP contribution in [0.3, 0.4) is 0 Å². The van der Waals surface area contributed by atoms with Gasteiger partial charge in [0.2, 0.25) is 0 Å². The van der Waals surface area contributed by atoms with E-state index in [4.69, 9.17) is 0 Å². The summed E-state index contributed by atoms with van der Waals surface area (Å²) in [5, 5.41) is 3.01. The Morgan fingerprint density at radius 2 is 2.57 bits per heavy atom. The Labute approximate surface area is 48.5 Å². The second kappa shape index (κ2) is 2.07. The molecule has 0 aromatic carbocycles. The molecule has 0 unspecified atom stereocenters. The Balaban J connectivity index is 2.58. The molecule has 0 saturated heterocycles. The van der Waals surface area contributed by atoms with E-state index in [2.05, 4.69) is 17.9 Å². The van der Waals surface area contributed by atoms with Gasteiger partial charge in [0.1, 0.15) is 0 Å². The zero-order valence-corrected chi connectivity index (χ0v) is 4.78. The fraction of sp³-hybridized carbons (Fsp3) is 0.200. The third-order valence-electron chi connectivity index (χ3n) is 0.801. The summed E-state index contributed by atoms with van der Waals surface area (Å²) in [4.78, 5) is 1.04. The summed E-state index contributed by atoms with van der Waals surface area (Å²) in [5.74, 6) is 0. The molecule has 7 heavy (non-hydrogen) atoms. The normalized spacial score (nSPS) is 18.1. The standard InChI is InChI=1S/C5H7NS/c7-5-1-3-6-4-2-5/h1-3,6-7H,4H2. The van der Waals surface area contributed by atoms with Crippen LogP contribution in [0.15, 0.2) is 23.3 Å². The van der Waals surface area contributed by atoms with E-state index in [0.29, 0.717) is 0 Å². The van der Waals surface area contributed by atoms with Gasteiger partial charge >= 0.3 is 0 Å². The molecule has 0 saturated carbocycles. The number of thiol groups is 1.